The average Bonchev–Trinajstić information content (AvgIpc) is 3.15. The van der Waals surface area contributed by atoms with E-state index >= 15 is 0 Å². The molecule has 2 aromatic rings. The van der Waals surface area contributed by atoms with E-state index in [9.17, 15) is 9.59 Å². The highest BCUT2D eigenvalue weighted by Crippen LogP contribution is 2.58. The monoisotopic (exact) mass is 401 g/mol. The van der Waals surface area contributed by atoms with E-state index in [0.29, 0.717) is 35.0 Å². The highest BCUT2D eigenvalue weighted by Gasteiger charge is 2.52. The molecule has 1 aromatic heterocycles. The molecular formula is C20H24ClN5O2. The number of hydrogen-bond donors (Lipinski definition) is 4. The minimum Gasteiger partial charge on any atom is -0.352 e. The first-order chi connectivity index (χ1) is 13.5. The summed E-state index contributed by atoms with van der Waals surface area (Å²) in [6.45, 7) is 1.19. The first-order valence-electron chi connectivity index (χ1n) is 9.57. The van der Waals surface area contributed by atoms with E-state index in [0.717, 1.165) is 31.2 Å². The number of H-pyrrole nitrogens is 1. The molecule has 0 aliphatic heterocycles. The predicted molar refractivity (Wildman–Crippen MR) is 106 cm³/mol. The zero-order chi connectivity index (χ0) is 19.6. The molecule has 4 N–H and O–H groups in total. The van der Waals surface area contributed by atoms with Gasteiger partial charge in [-0.15, -0.1) is 0 Å². The molecule has 3 amide bonds. The van der Waals surface area contributed by atoms with Crippen LogP contribution in [0.15, 0.2) is 36.7 Å². The van der Waals surface area contributed by atoms with Crippen molar-refractivity contribution in [2.75, 3.05) is 6.54 Å². The zero-order valence-corrected chi connectivity index (χ0v) is 16.3. The van der Waals surface area contributed by atoms with Gasteiger partial charge in [0.1, 0.15) is 0 Å². The van der Waals surface area contributed by atoms with Gasteiger partial charge in [0.25, 0.3) is 5.91 Å². The summed E-state index contributed by atoms with van der Waals surface area (Å²) in [5.74, 6) is 0.441. The Labute approximate surface area is 168 Å². The fraction of sp³-hybridized carbons (Fsp3) is 0.450. The van der Waals surface area contributed by atoms with Gasteiger partial charge in [-0.3, -0.25) is 9.89 Å². The number of hydrogen-bond acceptors (Lipinski definition) is 3. The second-order valence-electron chi connectivity index (χ2n) is 8.03. The summed E-state index contributed by atoms with van der Waals surface area (Å²) in [7, 11) is 0. The van der Waals surface area contributed by atoms with Crippen LogP contribution in [0.2, 0.25) is 5.02 Å². The van der Waals surface area contributed by atoms with Crippen LogP contribution >= 0.6 is 11.6 Å². The molecule has 1 aromatic carbocycles. The average molecular weight is 402 g/mol. The molecule has 0 radical (unpaired) electrons. The number of aromatic amines is 1. The molecule has 1 spiro atoms. The summed E-state index contributed by atoms with van der Waals surface area (Å²) in [4.78, 5) is 24.0. The number of nitrogens with one attached hydrogen (secondary N) is 4. The molecule has 2 saturated carbocycles. The Hall–Kier alpha value is -2.54. The second-order valence-corrected chi connectivity index (χ2v) is 8.47. The fourth-order valence-corrected chi connectivity index (χ4v) is 4.59. The van der Waals surface area contributed by atoms with E-state index in [-0.39, 0.29) is 18.0 Å². The predicted octanol–water partition coefficient (Wildman–Crippen LogP) is 2.85. The standard InChI is InChI=1S/C20H24ClN5O2/c21-16-3-1-13(2-4-16)9-23-19(28)26-17-7-20(8-17)5-14(6-20)10-22-18(27)15-11-24-25-12-15/h1-4,11-12,14,17H,5-10H2,(H,22,27)(H,24,25)(H2,23,26,28). The molecule has 7 nitrogen and oxygen atoms in total. The van der Waals surface area contributed by atoms with E-state index in [4.69, 9.17) is 11.6 Å². The summed E-state index contributed by atoms with van der Waals surface area (Å²) in [5.41, 5.74) is 1.94. The van der Waals surface area contributed by atoms with Gasteiger partial charge in [0.05, 0.1) is 11.8 Å². The topological polar surface area (TPSA) is 98.9 Å². The van der Waals surface area contributed by atoms with Crippen LogP contribution in [0.5, 0.6) is 0 Å². The largest absolute Gasteiger partial charge is 0.352 e. The molecule has 4 rings (SSSR count). The summed E-state index contributed by atoms with van der Waals surface area (Å²) in [6, 6.07) is 7.56. The molecule has 8 heteroatoms. The van der Waals surface area contributed by atoms with Gasteiger partial charge in [0.15, 0.2) is 0 Å². The lowest BCUT2D eigenvalue weighted by atomic mass is 9.50. The van der Waals surface area contributed by atoms with Gasteiger partial charge in [-0.25, -0.2) is 4.79 Å². The van der Waals surface area contributed by atoms with Gasteiger partial charge in [0, 0.05) is 30.4 Å². The van der Waals surface area contributed by atoms with Gasteiger partial charge >= 0.3 is 6.03 Å². The Morgan fingerprint density at radius 3 is 2.57 bits per heavy atom. The maximum absolute atomic E-state index is 12.1. The van der Waals surface area contributed by atoms with Crippen molar-refractivity contribution in [3.63, 3.8) is 0 Å². The van der Waals surface area contributed by atoms with Crippen molar-refractivity contribution < 1.29 is 9.59 Å². The normalized spacial score (nSPS) is 25.5. The Morgan fingerprint density at radius 2 is 1.89 bits per heavy atom. The second kappa shape index (κ2) is 7.83. The molecule has 2 aliphatic carbocycles. The van der Waals surface area contributed by atoms with Crippen LogP contribution in [0.1, 0.15) is 41.6 Å². The molecule has 0 bridgehead atoms. The molecule has 28 heavy (non-hydrogen) atoms. The quantitative estimate of drug-likeness (QED) is 0.599. The fourth-order valence-electron chi connectivity index (χ4n) is 4.47. The van der Waals surface area contributed by atoms with Gasteiger partial charge in [0.2, 0.25) is 0 Å². The summed E-state index contributed by atoms with van der Waals surface area (Å²) in [6.07, 6.45) is 7.39. The van der Waals surface area contributed by atoms with E-state index in [1.54, 1.807) is 6.20 Å². The van der Waals surface area contributed by atoms with Crippen LogP contribution in [-0.2, 0) is 6.54 Å². The molecule has 0 atom stereocenters. The number of carbonyl (C=O) groups is 2. The van der Waals surface area contributed by atoms with Crippen molar-refractivity contribution in [2.24, 2.45) is 11.3 Å². The SMILES string of the molecule is O=C(NCc1ccc(Cl)cc1)NC1CC2(CC(CNC(=O)c3cn[nH]c3)C2)C1. The van der Waals surface area contributed by atoms with Crippen molar-refractivity contribution in [1.29, 1.82) is 0 Å². The van der Waals surface area contributed by atoms with Crippen LogP contribution in [0.3, 0.4) is 0 Å². The summed E-state index contributed by atoms with van der Waals surface area (Å²) in [5, 5.41) is 16.0. The van der Waals surface area contributed by atoms with Crippen LogP contribution in [0.25, 0.3) is 0 Å². The smallest absolute Gasteiger partial charge is 0.315 e. The third-order valence-electron chi connectivity index (χ3n) is 5.82. The maximum Gasteiger partial charge on any atom is 0.315 e. The van der Waals surface area contributed by atoms with Gasteiger partial charge in [-0.2, -0.15) is 5.10 Å². The highest BCUT2D eigenvalue weighted by atomic mass is 35.5. The molecule has 2 fully saturated rings. The highest BCUT2D eigenvalue weighted by molar-refractivity contribution is 6.30. The van der Waals surface area contributed by atoms with E-state index in [2.05, 4.69) is 26.1 Å². The lowest BCUT2D eigenvalue weighted by Gasteiger charge is -2.58. The lowest BCUT2D eigenvalue weighted by Crippen LogP contribution is -2.58. The lowest BCUT2D eigenvalue weighted by molar-refractivity contribution is -0.0444. The van der Waals surface area contributed by atoms with Crippen molar-refractivity contribution >= 4 is 23.5 Å². The number of benzene rings is 1. The zero-order valence-electron chi connectivity index (χ0n) is 15.5. The Balaban J connectivity index is 1.10. The van der Waals surface area contributed by atoms with Crippen LogP contribution in [-0.4, -0.2) is 34.7 Å². The van der Waals surface area contributed by atoms with Crippen LogP contribution < -0.4 is 16.0 Å². The minimum absolute atomic E-state index is 0.0831. The number of aromatic nitrogens is 2. The van der Waals surface area contributed by atoms with Gasteiger partial charge < -0.3 is 16.0 Å². The molecule has 0 unspecified atom stereocenters. The van der Waals surface area contributed by atoms with Crippen molar-refractivity contribution in [3.8, 4) is 0 Å². The third kappa shape index (κ3) is 4.30. The number of amides is 3. The summed E-state index contributed by atoms with van der Waals surface area (Å²) >= 11 is 5.86. The van der Waals surface area contributed by atoms with Gasteiger partial charge in [-0.1, -0.05) is 23.7 Å². The van der Waals surface area contributed by atoms with E-state index < -0.39 is 0 Å². The Bertz CT molecular complexity index is 823. The number of carbonyl (C=O) groups excluding carboxylic acids is 2. The van der Waals surface area contributed by atoms with Crippen LogP contribution in [0.4, 0.5) is 4.79 Å². The van der Waals surface area contributed by atoms with Crippen molar-refractivity contribution in [1.82, 2.24) is 26.1 Å². The van der Waals surface area contributed by atoms with Gasteiger partial charge in [-0.05, 0) is 54.7 Å². The Morgan fingerprint density at radius 1 is 1.14 bits per heavy atom. The minimum atomic E-state index is -0.127. The number of halogens is 1. The molecule has 148 valence electrons. The number of urea groups is 1. The number of rotatable bonds is 6. The van der Waals surface area contributed by atoms with Crippen LogP contribution in [0, 0.1) is 11.3 Å². The molecule has 1 heterocycles. The molecule has 2 aliphatic rings. The molecular weight excluding hydrogens is 378 g/mol. The first kappa shape index (κ1) is 18.8. The summed E-state index contributed by atoms with van der Waals surface area (Å²) < 4.78 is 0. The number of nitrogens with zero attached hydrogens (tertiary/aromatic N) is 1. The van der Waals surface area contributed by atoms with Crippen molar-refractivity contribution in [3.05, 3.63) is 52.8 Å². The third-order valence-corrected chi connectivity index (χ3v) is 6.07. The Kier molecular flexibility index (Phi) is 5.26. The van der Waals surface area contributed by atoms with E-state index in [1.807, 2.05) is 24.3 Å². The first-order valence-corrected chi connectivity index (χ1v) is 9.95. The van der Waals surface area contributed by atoms with E-state index in [1.165, 1.54) is 6.20 Å². The van der Waals surface area contributed by atoms with Crippen molar-refractivity contribution in [2.45, 2.75) is 38.3 Å². The molecule has 0 saturated heterocycles. The maximum atomic E-state index is 12.1.